The Morgan fingerprint density at radius 3 is 2.64 bits per heavy atom. The van der Waals surface area contributed by atoms with Crippen LogP contribution in [0.25, 0.3) is 0 Å². The summed E-state index contributed by atoms with van der Waals surface area (Å²) in [6.07, 6.45) is 2.70. The molecule has 1 aromatic carbocycles. The molecular formula is C10H10Br. The molecule has 0 nitrogen and oxygen atoms in total. The molecule has 1 aliphatic rings. The number of halogens is 1. The van der Waals surface area contributed by atoms with Gasteiger partial charge in [-0.05, 0) is 48.9 Å². The maximum absolute atomic E-state index is 4.01. The summed E-state index contributed by atoms with van der Waals surface area (Å²) in [6, 6.07) is 6.38. The van der Waals surface area contributed by atoms with Crippen LogP contribution in [0.5, 0.6) is 0 Å². The van der Waals surface area contributed by atoms with Gasteiger partial charge in [0.1, 0.15) is 0 Å². The van der Waals surface area contributed by atoms with E-state index >= 15 is 0 Å². The minimum atomic E-state index is 0.815. The Kier molecular flexibility index (Phi) is 1.76. The molecule has 1 radical (unpaired) electrons. The van der Waals surface area contributed by atoms with Gasteiger partial charge in [-0.15, -0.1) is 0 Å². The first-order chi connectivity index (χ1) is 5.27. The Morgan fingerprint density at radius 2 is 2.09 bits per heavy atom. The van der Waals surface area contributed by atoms with Gasteiger partial charge in [0.25, 0.3) is 0 Å². The van der Waals surface area contributed by atoms with Crippen molar-refractivity contribution in [2.24, 2.45) is 0 Å². The van der Waals surface area contributed by atoms with Gasteiger partial charge in [-0.25, -0.2) is 0 Å². The topological polar surface area (TPSA) is 0 Å². The number of hydrogen-bond donors (Lipinski definition) is 0. The van der Waals surface area contributed by atoms with Crippen molar-refractivity contribution in [1.29, 1.82) is 0 Å². The summed E-state index contributed by atoms with van der Waals surface area (Å²) in [7, 11) is 0. The predicted octanol–water partition coefficient (Wildman–Crippen LogP) is 3.51. The summed E-state index contributed by atoms with van der Waals surface area (Å²) in [4.78, 5) is 0. The second kappa shape index (κ2) is 2.63. The van der Waals surface area contributed by atoms with Crippen molar-refractivity contribution in [1.82, 2.24) is 0 Å². The SMILES string of the molecule is [CH2]c1cc(Br)ccc1C1CC1. The predicted molar refractivity (Wildman–Crippen MR) is 50.6 cm³/mol. The number of benzene rings is 1. The molecule has 0 heterocycles. The molecule has 0 N–H and O–H groups in total. The Balaban J connectivity index is 2.39. The van der Waals surface area contributed by atoms with Gasteiger partial charge in [0.05, 0.1) is 0 Å². The van der Waals surface area contributed by atoms with Gasteiger partial charge in [-0.3, -0.25) is 0 Å². The summed E-state index contributed by atoms with van der Waals surface area (Å²) in [5.74, 6) is 0.815. The fraction of sp³-hybridized carbons (Fsp3) is 0.300. The monoisotopic (exact) mass is 209 g/mol. The maximum atomic E-state index is 4.01. The standard InChI is InChI=1S/C10H10Br/c1-7-6-9(11)4-5-10(7)8-2-3-8/h4-6,8H,1-3H2. The zero-order valence-electron chi connectivity index (χ0n) is 6.31. The Bertz CT molecular complexity index is 274. The van der Waals surface area contributed by atoms with E-state index in [1.807, 2.05) is 0 Å². The molecule has 0 amide bonds. The molecule has 0 atom stereocenters. The van der Waals surface area contributed by atoms with E-state index in [1.54, 1.807) is 0 Å². The van der Waals surface area contributed by atoms with E-state index in [0.29, 0.717) is 0 Å². The van der Waals surface area contributed by atoms with Crippen molar-refractivity contribution in [3.8, 4) is 0 Å². The first-order valence-electron chi connectivity index (χ1n) is 3.89. The molecule has 1 saturated carbocycles. The first-order valence-corrected chi connectivity index (χ1v) is 4.68. The smallest absolute Gasteiger partial charge is 0.0178 e. The molecule has 2 rings (SSSR count). The van der Waals surface area contributed by atoms with E-state index in [9.17, 15) is 0 Å². The summed E-state index contributed by atoms with van der Waals surface area (Å²) < 4.78 is 1.13. The second-order valence-electron chi connectivity index (χ2n) is 3.12. The minimum absolute atomic E-state index is 0.815. The molecule has 1 aromatic rings. The van der Waals surface area contributed by atoms with Crippen molar-refractivity contribution < 1.29 is 0 Å². The van der Waals surface area contributed by atoms with Gasteiger partial charge in [-0.2, -0.15) is 0 Å². The molecule has 0 bridgehead atoms. The van der Waals surface area contributed by atoms with Crippen LogP contribution in [0.4, 0.5) is 0 Å². The highest BCUT2D eigenvalue weighted by Crippen LogP contribution is 2.41. The van der Waals surface area contributed by atoms with E-state index < -0.39 is 0 Å². The van der Waals surface area contributed by atoms with E-state index in [2.05, 4.69) is 41.1 Å². The molecule has 0 unspecified atom stereocenters. The van der Waals surface area contributed by atoms with E-state index in [0.717, 1.165) is 10.4 Å². The van der Waals surface area contributed by atoms with Crippen molar-refractivity contribution in [2.45, 2.75) is 18.8 Å². The van der Waals surface area contributed by atoms with Crippen LogP contribution in [-0.2, 0) is 0 Å². The molecule has 0 saturated heterocycles. The molecular weight excluding hydrogens is 200 g/mol. The quantitative estimate of drug-likeness (QED) is 0.665. The fourth-order valence-corrected chi connectivity index (χ4v) is 1.78. The largest absolute Gasteiger partial charge is 0.0574 e. The van der Waals surface area contributed by atoms with E-state index in [1.165, 1.54) is 24.0 Å². The van der Waals surface area contributed by atoms with Crippen LogP contribution in [0.3, 0.4) is 0 Å². The van der Waals surface area contributed by atoms with Crippen LogP contribution in [0.2, 0.25) is 0 Å². The van der Waals surface area contributed by atoms with Crippen molar-refractivity contribution in [2.75, 3.05) is 0 Å². The van der Waals surface area contributed by atoms with E-state index in [4.69, 9.17) is 0 Å². The lowest BCUT2D eigenvalue weighted by atomic mass is 10.1. The van der Waals surface area contributed by atoms with Crippen LogP contribution in [0.15, 0.2) is 22.7 Å². The minimum Gasteiger partial charge on any atom is -0.0574 e. The third kappa shape index (κ3) is 1.48. The lowest BCUT2D eigenvalue weighted by molar-refractivity contribution is 1.11. The highest BCUT2D eigenvalue weighted by molar-refractivity contribution is 9.10. The third-order valence-corrected chi connectivity index (χ3v) is 2.62. The Hall–Kier alpha value is -0.300. The highest BCUT2D eigenvalue weighted by atomic mass is 79.9. The number of hydrogen-bond acceptors (Lipinski definition) is 0. The van der Waals surface area contributed by atoms with E-state index in [-0.39, 0.29) is 0 Å². The average molecular weight is 210 g/mol. The second-order valence-corrected chi connectivity index (χ2v) is 4.03. The molecule has 1 fully saturated rings. The maximum Gasteiger partial charge on any atom is 0.0178 e. The lowest BCUT2D eigenvalue weighted by Crippen LogP contribution is -1.84. The molecule has 0 aromatic heterocycles. The zero-order chi connectivity index (χ0) is 7.84. The van der Waals surface area contributed by atoms with Crippen molar-refractivity contribution in [3.63, 3.8) is 0 Å². The molecule has 0 spiro atoms. The normalized spacial score (nSPS) is 16.9. The zero-order valence-corrected chi connectivity index (χ0v) is 7.89. The van der Waals surface area contributed by atoms with Crippen LogP contribution < -0.4 is 0 Å². The van der Waals surface area contributed by atoms with Crippen LogP contribution >= 0.6 is 15.9 Å². The highest BCUT2D eigenvalue weighted by Gasteiger charge is 2.24. The molecule has 11 heavy (non-hydrogen) atoms. The Labute approximate surface area is 75.8 Å². The van der Waals surface area contributed by atoms with Gasteiger partial charge in [0.2, 0.25) is 0 Å². The molecule has 57 valence electrons. The van der Waals surface area contributed by atoms with Gasteiger partial charge in [0, 0.05) is 4.47 Å². The van der Waals surface area contributed by atoms with Crippen LogP contribution in [-0.4, -0.2) is 0 Å². The van der Waals surface area contributed by atoms with Gasteiger partial charge >= 0.3 is 0 Å². The summed E-state index contributed by atoms with van der Waals surface area (Å²) in [6.45, 7) is 4.01. The molecule has 0 aliphatic heterocycles. The van der Waals surface area contributed by atoms with Gasteiger partial charge in [-0.1, -0.05) is 22.0 Å². The van der Waals surface area contributed by atoms with Crippen molar-refractivity contribution in [3.05, 3.63) is 40.7 Å². The summed E-state index contributed by atoms with van der Waals surface area (Å²) in [5, 5.41) is 0. The van der Waals surface area contributed by atoms with Crippen molar-refractivity contribution >= 4 is 15.9 Å². The number of rotatable bonds is 1. The molecule has 1 aliphatic carbocycles. The van der Waals surface area contributed by atoms with Gasteiger partial charge < -0.3 is 0 Å². The van der Waals surface area contributed by atoms with Gasteiger partial charge in [0.15, 0.2) is 0 Å². The lowest BCUT2D eigenvalue weighted by Gasteiger charge is -2.02. The fourth-order valence-electron chi connectivity index (χ4n) is 1.37. The first kappa shape index (κ1) is 7.35. The summed E-state index contributed by atoms with van der Waals surface area (Å²) >= 11 is 3.43. The molecule has 1 heteroatoms. The Morgan fingerprint density at radius 1 is 1.36 bits per heavy atom. The third-order valence-electron chi connectivity index (χ3n) is 2.12. The van der Waals surface area contributed by atoms with Crippen LogP contribution in [0, 0.1) is 6.92 Å². The summed E-state index contributed by atoms with van der Waals surface area (Å²) in [5.41, 5.74) is 2.62. The average Bonchev–Trinajstić information content (AvgIpc) is 2.70. The van der Waals surface area contributed by atoms with Crippen LogP contribution in [0.1, 0.15) is 29.9 Å².